The zero-order chi connectivity index (χ0) is 16.1. The fourth-order valence-corrected chi connectivity index (χ4v) is 5.65. The summed E-state index contributed by atoms with van der Waals surface area (Å²) < 4.78 is 0. The van der Waals surface area contributed by atoms with Gasteiger partial charge in [-0.3, -0.25) is 9.59 Å². The molecule has 1 spiro atoms. The van der Waals surface area contributed by atoms with E-state index in [4.69, 9.17) is 0 Å². The minimum Gasteiger partial charge on any atom is -0.274 e. The number of rotatable bonds is 1. The van der Waals surface area contributed by atoms with E-state index in [1.165, 1.54) is 17.7 Å². The van der Waals surface area contributed by atoms with Crippen LogP contribution in [-0.4, -0.2) is 11.8 Å². The number of nitrogens with zero attached hydrogens (tertiary/aromatic N) is 1. The molecule has 3 fully saturated rings. The van der Waals surface area contributed by atoms with E-state index in [0.29, 0.717) is 0 Å². The quantitative estimate of drug-likeness (QED) is 0.596. The number of carbonyl (C=O) groups is 2. The fraction of sp³-hybridized carbons (Fsp3) is 0.333. The highest BCUT2D eigenvalue weighted by atomic mass is 16.2. The Hall–Kier alpha value is -2.42. The second-order valence-corrected chi connectivity index (χ2v) is 7.76. The molecule has 1 aliphatic heterocycles. The average molecular weight is 315 g/mol. The van der Waals surface area contributed by atoms with Gasteiger partial charge in [0, 0.05) is 0 Å². The SMILES string of the molecule is O=C1[C@H]2[C@H](C(=O)N1c1ccc3ccccc3c1)[C@H]1C=C[C@H]2C12CC2. The smallest absolute Gasteiger partial charge is 0.238 e. The van der Waals surface area contributed by atoms with Gasteiger partial charge in [0.15, 0.2) is 0 Å². The Labute approximate surface area is 139 Å². The highest BCUT2D eigenvalue weighted by molar-refractivity contribution is 6.23. The van der Waals surface area contributed by atoms with Gasteiger partial charge in [0.25, 0.3) is 0 Å². The summed E-state index contributed by atoms with van der Waals surface area (Å²) in [6, 6.07) is 13.9. The van der Waals surface area contributed by atoms with Crippen molar-refractivity contribution in [2.24, 2.45) is 29.1 Å². The molecule has 2 bridgehead atoms. The number of imide groups is 1. The third-order valence-corrected chi connectivity index (χ3v) is 6.84. The van der Waals surface area contributed by atoms with Crippen molar-refractivity contribution in [2.45, 2.75) is 12.8 Å². The molecule has 118 valence electrons. The number of benzene rings is 2. The summed E-state index contributed by atoms with van der Waals surface area (Å²) in [5, 5.41) is 2.19. The minimum absolute atomic E-state index is 0.0170. The molecule has 3 aliphatic carbocycles. The van der Waals surface area contributed by atoms with Crippen LogP contribution < -0.4 is 4.90 Å². The summed E-state index contributed by atoms with van der Waals surface area (Å²) >= 11 is 0. The van der Waals surface area contributed by atoms with E-state index in [1.54, 1.807) is 0 Å². The van der Waals surface area contributed by atoms with Gasteiger partial charge in [-0.05, 0) is 53.0 Å². The van der Waals surface area contributed by atoms with E-state index in [-0.39, 0.29) is 40.9 Å². The van der Waals surface area contributed by atoms with Crippen molar-refractivity contribution in [1.29, 1.82) is 0 Å². The molecule has 0 radical (unpaired) electrons. The third-order valence-electron chi connectivity index (χ3n) is 6.84. The number of anilines is 1. The summed E-state index contributed by atoms with van der Waals surface area (Å²) in [6.45, 7) is 0. The molecule has 24 heavy (non-hydrogen) atoms. The molecule has 4 aliphatic rings. The Kier molecular flexibility index (Phi) is 2.14. The van der Waals surface area contributed by atoms with Crippen molar-refractivity contribution in [3.8, 4) is 0 Å². The van der Waals surface area contributed by atoms with Crippen LogP contribution in [0.5, 0.6) is 0 Å². The molecule has 3 nitrogen and oxygen atoms in total. The van der Waals surface area contributed by atoms with Crippen molar-refractivity contribution >= 4 is 28.3 Å². The Morgan fingerprint density at radius 2 is 1.46 bits per heavy atom. The van der Waals surface area contributed by atoms with Crippen LogP contribution in [0.3, 0.4) is 0 Å². The van der Waals surface area contributed by atoms with Crippen molar-refractivity contribution < 1.29 is 9.59 Å². The summed E-state index contributed by atoms with van der Waals surface area (Å²) in [4.78, 5) is 27.7. The monoisotopic (exact) mass is 315 g/mol. The van der Waals surface area contributed by atoms with E-state index in [9.17, 15) is 9.59 Å². The Morgan fingerprint density at radius 3 is 2.08 bits per heavy atom. The van der Waals surface area contributed by atoms with Gasteiger partial charge in [0.05, 0.1) is 17.5 Å². The Bertz CT molecular complexity index is 921. The lowest BCUT2D eigenvalue weighted by molar-refractivity contribution is -0.123. The van der Waals surface area contributed by atoms with Gasteiger partial charge in [-0.25, -0.2) is 4.90 Å². The summed E-state index contributed by atoms with van der Waals surface area (Å²) in [5.74, 6) is 0.360. The number of fused-ring (bicyclic) bond motifs is 4. The lowest BCUT2D eigenvalue weighted by Crippen LogP contribution is -2.34. The van der Waals surface area contributed by atoms with E-state index in [2.05, 4.69) is 12.2 Å². The largest absolute Gasteiger partial charge is 0.274 e. The van der Waals surface area contributed by atoms with E-state index in [0.717, 1.165) is 16.5 Å². The highest BCUT2D eigenvalue weighted by Crippen LogP contribution is 2.73. The van der Waals surface area contributed by atoms with E-state index < -0.39 is 0 Å². The Balaban J connectivity index is 1.45. The standard InChI is InChI=1S/C21H17NO2/c23-19-17-15-7-8-16(21(15)9-10-21)18(17)20(24)22(19)14-6-5-12-3-1-2-4-13(12)11-14/h1-8,11,15-18H,9-10H2/t15-,16-,17-,18-/m1/s1. The second-order valence-electron chi connectivity index (χ2n) is 7.76. The molecular weight excluding hydrogens is 298 g/mol. The van der Waals surface area contributed by atoms with Gasteiger partial charge in [-0.2, -0.15) is 0 Å². The summed E-state index contributed by atoms with van der Waals surface area (Å²) in [7, 11) is 0. The molecule has 2 saturated carbocycles. The number of allylic oxidation sites excluding steroid dienone is 2. The maximum Gasteiger partial charge on any atom is 0.238 e. The molecule has 0 N–H and O–H groups in total. The average Bonchev–Trinajstić information content (AvgIpc) is 3.20. The summed E-state index contributed by atoms with van der Waals surface area (Å²) in [5.41, 5.74) is 0.984. The zero-order valence-corrected chi connectivity index (χ0v) is 13.2. The van der Waals surface area contributed by atoms with Gasteiger partial charge >= 0.3 is 0 Å². The van der Waals surface area contributed by atoms with Gasteiger partial charge in [0.2, 0.25) is 11.8 Å². The number of amides is 2. The second kappa shape index (κ2) is 3.97. The molecule has 2 aromatic carbocycles. The molecule has 2 amide bonds. The van der Waals surface area contributed by atoms with Crippen molar-refractivity contribution in [2.75, 3.05) is 4.90 Å². The van der Waals surface area contributed by atoms with Crippen LogP contribution in [0.2, 0.25) is 0 Å². The fourth-order valence-electron chi connectivity index (χ4n) is 5.65. The minimum atomic E-state index is -0.124. The Morgan fingerprint density at radius 1 is 0.833 bits per heavy atom. The number of carbonyl (C=O) groups excluding carboxylic acids is 2. The first-order valence-corrected chi connectivity index (χ1v) is 8.76. The maximum atomic E-state index is 13.1. The zero-order valence-electron chi connectivity index (χ0n) is 13.2. The lowest BCUT2D eigenvalue weighted by Gasteiger charge is -2.22. The van der Waals surface area contributed by atoms with E-state index in [1.807, 2.05) is 42.5 Å². The molecule has 3 heteroatoms. The topological polar surface area (TPSA) is 37.4 Å². The van der Waals surface area contributed by atoms with Crippen LogP contribution in [0.1, 0.15) is 12.8 Å². The van der Waals surface area contributed by atoms with Crippen molar-refractivity contribution in [3.63, 3.8) is 0 Å². The molecule has 0 aromatic heterocycles. The summed E-state index contributed by atoms with van der Waals surface area (Å²) in [6.07, 6.45) is 6.79. The molecule has 1 heterocycles. The van der Waals surface area contributed by atoms with Crippen LogP contribution in [-0.2, 0) is 9.59 Å². The lowest BCUT2D eigenvalue weighted by atomic mass is 9.85. The molecule has 2 aromatic rings. The van der Waals surface area contributed by atoms with Gasteiger partial charge < -0.3 is 0 Å². The first kappa shape index (κ1) is 12.9. The van der Waals surface area contributed by atoms with Crippen LogP contribution in [0.25, 0.3) is 10.8 Å². The van der Waals surface area contributed by atoms with Gasteiger partial charge in [-0.15, -0.1) is 0 Å². The third kappa shape index (κ3) is 1.32. The van der Waals surface area contributed by atoms with E-state index >= 15 is 0 Å². The first-order chi connectivity index (χ1) is 11.7. The number of hydrogen-bond donors (Lipinski definition) is 0. The van der Waals surface area contributed by atoms with Crippen LogP contribution in [0.4, 0.5) is 5.69 Å². The van der Waals surface area contributed by atoms with Crippen LogP contribution in [0.15, 0.2) is 54.6 Å². The van der Waals surface area contributed by atoms with Gasteiger partial charge in [0.1, 0.15) is 0 Å². The van der Waals surface area contributed by atoms with Crippen molar-refractivity contribution in [3.05, 3.63) is 54.6 Å². The molecule has 0 unspecified atom stereocenters. The predicted octanol–water partition coefficient (Wildman–Crippen LogP) is 3.54. The van der Waals surface area contributed by atoms with Gasteiger partial charge in [-0.1, -0.05) is 42.5 Å². The molecule has 4 atom stereocenters. The first-order valence-electron chi connectivity index (χ1n) is 8.76. The van der Waals surface area contributed by atoms with Crippen molar-refractivity contribution in [1.82, 2.24) is 0 Å². The molecule has 1 saturated heterocycles. The van der Waals surface area contributed by atoms with Crippen LogP contribution in [0, 0.1) is 29.1 Å². The highest BCUT2D eigenvalue weighted by Gasteiger charge is 2.73. The normalized spacial score (nSPS) is 34.6. The maximum absolute atomic E-state index is 13.1. The van der Waals surface area contributed by atoms with Crippen LogP contribution >= 0.6 is 0 Å². The molecular formula is C21H17NO2. The molecule has 6 rings (SSSR count). The predicted molar refractivity (Wildman–Crippen MR) is 91.2 cm³/mol. The number of hydrogen-bond acceptors (Lipinski definition) is 2.